The summed E-state index contributed by atoms with van der Waals surface area (Å²) in [5.74, 6) is -0.186. The predicted molar refractivity (Wildman–Crippen MR) is 66.0 cm³/mol. The van der Waals surface area contributed by atoms with Crippen LogP contribution in [-0.4, -0.2) is 16.9 Å². The van der Waals surface area contributed by atoms with Crippen molar-refractivity contribution in [1.29, 1.82) is 0 Å². The Labute approximate surface area is 102 Å². The first-order valence-corrected chi connectivity index (χ1v) is 6.19. The molecule has 1 heterocycles. The van der Waals surface area contributed by atoms with Crippen LogP contribution in [-0.2, 0) is 11.3 Å². The fourth-order valence-electron chi connectivity index (χ4n) is 2.47. The Morgan fingerprint density at radius 2 is 2.29 bits per heavy atom. The summed E-state index contributed by atoms with van der Waals surface area (Å²) in [6, 6.07) is 4.17. The van der Waals surface area contributed by atoms with Crippen molar-refractivity contribution >= 4 is 5.91 Å². The molecule has 0 bridgehead atoms. The fourth-order valence-corrected chi connectivity index (χ4v) is 2.47. The van der Waals surface area contributed by atoms with E-state index in [1.807, 2.05) is 18.3 Å². The number of aromatic nitrogens is 1. The second-order valence-corrected chi connectivity index (χ2v) is 4.64. The summed E-state index contributed by atoms with van der Waals surface area (Å²) in [5.41, 5.74) is 6.58. The van der Waals surface area contributed by atoms with E-state index >= 15 is 0 Å². The largest absolute Gasteiger partial charge is 0.369 e. The van der Waals surface area contributed by atoms with Crippen molar-refractivity contribution in [3.8, 4) is 0 Å². The second-order valence-electron chi connectivity index (χ2n) is 4.64. The van der Waals surface area contributed by atoms with Crippen LogP contribution in [0.25, 0.3) is 0 Å². The molecular weight excluding hydrogens is 214 g/mol. The van der Waals surface area contributed by atoms with Gasteiger partial charge in [-0.25, -0.2) is 0 Å². The van der Waals surface area contributed by atoms with E-state index in [1.54, 1.807) is 6.20 Å². The van der Waals surface area contributed by atoms with E-state index < -0.39 is 0 Å². The number of nitrogens with two attached hydrogens (primary N) is 1. The maximum absolute atomic E-state index is 11.3. The van der Waals surface area contributed by atoms with Crippen molar-refractivity contribution < 1.29 is 4.79 Å². The van der Waals surface area contributed by atoms with Crippen LogP contribution in [0.1, 0.15) is 31.2 Å². The Balaban J connectivity index is 1.90. The number of hydrogen-bond donors (Lipinski definition) is 2. The van der Waals surface area contributed by atoms with Crippen LogP contribution < -0.4 is 11.1 Å². The Hall–Kier alpha value is -1.42. The molecule has 1 amide bonds. The smallest absolute Gasteiger partial charge is 0.222 e. The summed E-state index contributed by atoms with van der Waals surface area (Å²) in [7, 11) is 0. The normalized spacial score (nSPS) is 24.5. The SMILES string of the molecule is NC(=O)C1CCCCC1NCc1cccnc1. The summed E-state index contributed by atoms with van der Waals surface area (Å²) in [6.07, 6.45) is 7.84. The highest BCUT2D eigenvalue weighted by atomic mass is 16.1. The minimum Gasteiger partial charge on any atom is -0.369 e. The quantitative estimate of drug-likeness (QED) is 0.821. The summed E-state index contributed by atoms with van der Waals surface area (Å²) < 4.78 is 0. The molecule has 0 aliphatic heterocycles. The zero-order valence-corrected chi connectivity index (χ0v) is 9.93. The summed E-state index contributed by atoms with van der Waals surface area (Å²) in [4.78, 5) is 15.4. The molecule has 0 aromatic carbocycles. The molecule has 4 heteroatoms. The second kappa shape index (κ2) is 5.77. The minimum atomic E-state index is -0.173. The molecule has 4 nitrogen and oxygen atoms in total. The number of pyridine rings is 1. The van der Waals surface area contributed by atoms with Crippen LogP contribution in [0.3, 0.4) is 0 Å². The topological polar surface area (TPSA) is 68.0 Å². The molecular formula is C13H19N3O. The number of rotatable bonds is 4. The maximum Gasteiger partial charge on any atom is 0.222 e. The highest BCUT2D eigenvalue weighted by molar-refractivity contribution is 5.77. The van der Waals surface area contributed by atoms with Gasteiger partial charge in [-0.2, -0.15) is 0 Å². The van der Waals surface area contributed by atoms with E-state index in [4.69, 9.17) is 5.73 Å². The van der Waals surface area contributed by atoms with Gasteiger partial charge in [0, 0.05) is 25.0 Å². The molecule has 1 fully saturated rings. The third-order valence-corrected chi connectivity index (χ3v) is 3.42. The van der Waals surface area contributed by atoms with Gasteiger partial charge in [-0.1, -0.05) is 18.9 Å². The van der Waals surface area contributed by atoms with Crippen LogP contribution in [0.2, 0.25) is 0 Å². The molecule has 2 unspecified atom stereocenters. The monoisotopic (exact) mass is 233 g/mol. The Morgan fingerprint density at radius 3 is 3.00 bits per heavy atom. The minimum absolute atomic E-state index is 0.0135. The van der Waals surface area contributed by atoms with E-state index in [0.717, 1.165) is 31.4 Å². The van der Waals surface area contributed by atoms with Gasteiger partial charge in [-0.3, -0.25) is 9.78 Å². The van der Waals surface area contributed by atoms with E-state index in [2.05, 4.69) is 10.3 Å². The number of primary amides is 1. The Morgan fingerprint density at radius 1 is 1.47 bits per heavy atom. The van der Waals surface area contributed by atoms with Crippen LogP contribution in [0.5, 0.6) is 0 Å². The first kappa shape index (κ1) is 12.0. The van der Waals surface area contributed by atoms with Crippen molar-refractivity contribution in [2.45, 2.75) is 38.3 Å². The number of nitrogens with zero attached hydrogens (tertiary/aromatic N) is 1. The van der Waals surface area contributed by atoms with E-state index in [0.29, 0.717) is 0 Å². The zero-order valence-electron chi connectivity index (χ0n) is 9.93. The molecule has 0 radical (unpaired) electrons. The lowest BCUT2D eigenvalue weighted by atomic mass is 9.84. The first-order chi connectivity index (χ1) is 8.27. The number of carbonyl (C=O) groups excluding carboxylic acids is 1. The van der Waals surface area contributed by atoms with E-state index in [9.17, 15) is 4.79 Å². The molecule has 1 aromatic rings. The van der Waals surface area contributed by atoms with Gasteiger partial charge in [0.2, 0.25) is 5.91 Å². The fraction of sp³-hybridized carbons (Fsp3) is 0.538. The number of amides is 1. The standard InChI is InChI=1S/C13H19N3O/c14-13(17)11-5-1-2-6-12(11)16-9-10-4-3-7-15-8-10/h3-4,7-8,11-12,16H,1-2,5-6,9H2,(H2,14,17). The van der Waals surface area contributed by atoms with Crippen molar-refractivity contribution in [3.05, 3.63) is 30.1 Å². The molecule has 0 saturated heterocycles. The molecule has 1 aliphatic rings. The Kier molecular flexibility index (Phi) is 4.09. The average Bonchev–Trinajstić information content (AvgIpc) is 2.38. The van der Waals surface area contributed by atoms with Gasteiger partial charge in [0.25, 0.3) is 0 Å². The molecule has 3 N–H and O–H groups in total. The lowest BCUT2D eigenvalue weighted by molar-refractivity contribution is -0.123. The molecule has 1 aliphatic carbocycles. The van der Waals surface area contributed by atoms with Crippen molar-refractivity contribution in [2.75, 3.05) is 0 Å². The number of hydrogen-bond acceptors (Lipinski definition) is 3. The van der Waals surface area contributed by atoms with Crippen molar-refractivity contribution in [2.24, 2.45) is 11.7 Å². The summed E-state index contributed by atoms with van der Waals surface area (Å²) in [6.45, 7) is 0.752. The van der Waals surface area contributed by atoms with Crippen LogP contribution in [0.15, 0.2) is 24.5 Å². The number of carbonyl (C=O) groups is 1. The van der Waals surface area contributed by atoms with Crippen molar-refractivity contribution in [3.63, 3.8) is 0 Å². The van der Waals surface area contributed by atoms with E-state index in [1.165, 1.54) is 6.42 Å². The van der Waals surface area contributed by atoms with E-state index in [-0.39, 0.29) is 17.9 Å². The van der Waals surface area contributed by atoms with Crippen LogP contribution >= 0.6 is 0 Å². The molecule has 1 saturated carbocycles. The number of nitrogens with one attached hydrogen (secondary N) is 1. The lowest BCUT2D eigenvalue weighted by Gasteiger charge is -2.30. The highest BCUT2D eigenvalue weighted by Crippen LogP contribution is 2.24. The van der Waals surface area contributed by atoms with Gasteiger partial charge < -0.3 is 11.1 Å². The average molecular weight is 233 g/mol. The van der Waals surface area contributed by atoms with Gasteiger partial charge >= 0.3 is 0 Å². The summed E-state index contributed by atoms with van der Waals surface area (Å²) >= 11 is 0. The van der Waals surface area contributed by atoms with Crippen molar-refractivity contribution in [1.82, 2.24) is 10.3 Å². The highest BCUT2D eigenvalue weighted by Gasteiger charge is 2.28. The third kappa shape index (κ3) is 3.27. The molecule has 2 atom stereocenters. The van der Waals surface area contributed by atoms with Gasteiger partial charge in [0.05, 0.1) is 5.92 Å². The van der Waals surface area contributed by atoms with Crippen LogP contribution in [0, 0.1) is 5.92 Å². The third-order valence-electron chi connectivity index (χ3n) is 3.42. The van der Waals surface area contributed by atoms with Gasteiger partial charge in [0.1, 0.15) is 0 Å². The predicted octanol–water partition coefficient (Wildman–Crippen LogP) is 1.22. The maximum atomic E-state index is 11.3. The lowest BCUT2D eigenvalue weighted by Crippen LogP contribution is -2.44. The summed E-state index contributed by atoms with van der Waals surface area (Å²) in [5, 5.41) is 3.43. The molecule has 17 heavy (non-hydrogen) atoms. The molecule has 0 spiro atoms. The van der Waals surface area contributed by atoms with Gasteiger partial charge in [-0.05, 0) is 24.5 Å². The zero-order chi connectivity index (χ0) is 12.1. The molecule has 92 valence electrons. The van der Waals surface area contributed by atoms with Crippen LogP contribution in [0.4, 0.5) is 0 Å². The van der Waals surface area contributed by atoms with Gasteiger partial charge in [0.15, 0.2) is 0 Å². The van der Waals surface area contributed by atoms with Gasteiger partial charge in [-0.15, -0.1) is 0 Å². The first-order valence-electron chi connectivity index (χ1n) is 6.19. The molecule has 1 aromatic heterocycles. The molecule has 2 rings (SSSR count). The Bertz CT molecular complexity index is 366.